The topological polar surface area (TPSA) is 79.7 Å². The van der Waals surface area contributed by atoms with E-state index in [9.17, 15) is 9.59 Å². The molecule has 0 aliphatic rings. The maximum Gasteiger partial charge on any atom is 0.330 e. The number of rotatable bonds is 8. The molecule has 1 aromatic heterocycles. The van der Waals surface area contributed by atoms with Crippen LogP contribution in [0.5, 0.6) is 11.5 Å². The summed E-state index contributed by atoms with van der Waals surface area (Å²) < 4.78 is 17.1. The molecule has 172 valence electrons. The van der Waals surface area contributed by atoms with E-state index in [1.807, 2.05) is 0 Å². The normalized spacial score (nSPS) is 11.0. The minimum Gasteiger partial charge on any atom is -0.493 e. The number of ether oxygens (including phenoxy) is 3. The van der Waals surface area contributed by atoms with E-state index in [1.54, 1.807) is 37.3 Å². The lowest BCUT2D eigenvalue weighted by molar-refractivity contribution is -0.137. The molecule has 0 fully saturated rings. The van der Waals surface area contributed by atoms with Crippen LogP contribution in [0.1, 0.15) is 28.7 Å². The smallest absolute Gasteiger partial charge is 0.330 e. The summed E-state index contributed by atoms with van der Waals surface area (Å²) in [5.41, 5.74) is 0.810. The lowest BCUT2D eigenvalue weighted by Gasteiger charge is -2.15. The van der Waals surface area contributed by atoms with Gasteiger partial charge in [0.1, 0.15) is 5.82 Å². The molecule has 0 aliphatic carbocycles. The second-order valence-corrected chi connectivity index (χ2v) is 7.66. The number of methoxy groups -OCH3 is 2. The Kier molecular flexibility index (Phi) is 8.02. The van der Waals surface area contributed by atoms with Crippen LogP contribution >= 0.6 is 34.8 Å². The van der Waals surface area contributed by atoms with Crippen molar-refractivity contribution in [3.8, 4) is 17.2 Å². The van der Waals surface area contributed by atoms with Gasteiger partial charge in [0.25, 0.3) is 0 Å². The van der Waals surface area contributed by atoms with E-state index in [2.05, 4.69) is 4.98 Å². The van der Waals surface area contributed by atoms with Crippen molar-refractivity contribution in [2.24, 2.45) is 0 Å². The van der Waals surface area contributed by atoms with Crippen LogP contribution in [0.2, 0.25) is 15.3 Å². The van der Waals surface area contributed by atoms with Gasteiger partial charge >= 0.3 is 5.97 Å². The average Bonchev–Trinajstić information content (AvgIpc) is 3.09. The number of hydrogen-bond acceptors (Lipinski definition) is 6. The van der Waals surface area contributed by atoms with Crippen molar-refractivity contribution in [2.75, 3.05) is 20.8 Å². The third-order valence-corrected chi connectivity index (χ3v) is 5.50. The van der Waals surface area contributed by atoms with Crippen molar-refractivity contribution in [2.45, 2.75) is 6.92 Å². The molecule has 0 amide bonds. The van der Waals surface area contributed by atoms with Crippen molar-refractivity contribution in [1.82, 2.24) is 9.55 Å². The molecule has 0 radical (unpaired) electrons. The number of nitrogens with zero attached hydrogens (tertiary/aromatic N) is 2. The maximum absolute atomic E-state index is 13.6. The first-order valence-corrected chi connectivity index (χ1v) is 10.8. The van der Waals surface area contributed by atoms with Gasteiger partial charge in [-0.1, -0.05) is 40.9 Å². The average molecular weight is 510 g/mol. The fourth-order valence-corrected chi connectivity index (χ4v) is 3.72. The van der Waals surface area contributed by atoms with Crippen LogP contribution in [0, 0.1) is 0 Å². The number of hydrogen-bond donors (Lipinski definition) is 0. The molecule has 0 atom stereocenters. The molecule has 2 aromatic carbocycles. The molecule has 3 aromatic rings. The minimum atomic E-state index is -0.562. The highest BCUT2D eigenvalue weighted by Gasteiger charge is 2.24. The first-order valence-electron chi connectivity index (χ1n) is 9.66. The molecule has 0 aliphatic heterocycles. The zero-order valence-corrected chi connectivity index (χ0v) is 20.2. The number of ketones is 1. The summed E-state index contributed by atoms with van der Waals surface area (Å²) in [7, 11) is 2.92. The van der Waals surface area contributed by atoms with Crippen LogP contribution in [0.3, 0.4) is 0 Å². The first-order chi connectivity index (χ1) is 15.8. The molecule has 0 saturated heterocycles. The molecule has 1 heterocycles. The van der Waals surface area contributed by atoms with E-state index in [1.165, 1.54) is 37.0 Å². The summed E-state index contributed by atoms with van der Waals surface area (Å²) in [5, 5.41) is 0.372. The minimum absolute atomic E-state index is 0.00696. The predicted molar refractivity (Wildman–Crippen MR) is 127 cm³/mol. The third kappa shape index (κ3) is 5.16. The summed E-state index contributed by atoms with van der Waals surface area (Å²) in [4.78, 5) is 29.6. The zero-order chi connectivity index (χ0) is 24.1. The fraction of sp³-hybridized carbons (Fsp3) is 0.174. The molecule has 0 spiro atoms. The van der Waals surface area contributed by atoms with Crippen LogP contribution < -0.4 is 9.47 Å². The lowest BCUT2D eigenvalue weighted by atomic mass is 10.00. The molecule has 7 nitrogen and oxygen atoms in total. The molecule has 0 saturated carbocycles. The van der Waals surface area contributed by atoms with Gasteiger partial charge in [-0.15, -0.1) is 0 Å². The Morgan fingerprint density at radius 2 is 1.82 bits per heavy atom. The van der Waals surface area contributed by atoms with Crippen LogP contribution in [-0.2, 0) is 9.53 Å². The molecule has 33 heavy (non-hydrogen) atoms. The quantitative estimate of drug-likeness (QED) is 0.222. The first kappa shape index (κ1) is 24.6. The van der Waals surface area contributed by atoms with E-state index in [-0.39, 0.29) is 39.6 Å². The molecule has 0 N–H and O–H groups in total. The molecule has 0 unspecified atom stereocenters. The number of benzene rings is 2. The Morgan fingerprint density at radius 3 is 2.48 bits per heavy atom. The van der Waals surface area contributed by atoms with Gasteiger partial charge < -0.3 is 14.2 Å². The second kappa shape index (κ2) is 10.7. The Morgan fingerprint density at radius 1 is 1.06 bits per heavy atom. The predicted octanol–water partition coefficient (Wildman–Crippen LogP) is 5.66. The summed E-state index contributed by atoms with van der Waals surface area (Å²) in [6.45, 7) is 1.91. The van der Waals surface area contributed by atoms with Crippen LogP contribution in [-0.4, -0.2) is 42.1 Å². The van der Waals surface area contributed by atoms with Crippen LogP contribution in [0.4, 0.5) is 0 Å². The maximum atomic E-state index is 13.6. The lowest BCUT2D eigenvalue weighted by Crippen LogP contribution is -2.11. The molecule has 3 rings (SSSR count). The fourth-order valence-electron chi connectivity index (χ4n) is 3.16. The highest BCUT2D eigenvalue weighted by atomic mass is 35.5. The zero-order valence-electron chi connectivity index (χ0n) is 17.9. The number of carbonyl (C=O) groups excluding carboxylic acids is 2. The molecule has 10 heteroatoms. The van der Waals surface area contributed by atoms with E-state index in [0.717, 1.165) is 0 Å². The number of esters is 1. The standard InChI is InChI=1S/C23H19Cl3N2O5/c1-4-33-19(29)11-10-18-27-22(25)23(26)28(18)16-9-8-13(24)12-15(16)20(30)14-6-5-7-17(31-2)21(14)32-3/h5-12H,4H2,1-3H3. The monoisotopic (exact) mass is 508 g/mol. The van der Waals surface area contributed by atoms with Gasteiger partial charge in [-0.3, -0.25) is 9.36 Å². The molecule has 0 bridgehead atoms. The Bertz CT molecular complexity index is 1240. The van der Waals surface area contributed by atoms with Crippen molar-refractivity contribution < 1.29 is 23.8 Å². The van der Waals surface area contributed by atoms with Crippen LogP contribution in [0.15, 0.2) is 42.5 Å². The highest BCUT2D eigenvalue weighted by molar-refractivity contribution is 6.41. The van der Waals surface area contributed by atoms with Gasteiger partial charge in [-0.25, -0.2) is 9.78 Å². The highest BCUT2D eigenvalue weighted by Crippen LogP contribution is 2.35. The van der Waals surface area contributed by atoms with Crippen molar-refractivity contribution in [1.29, 1.82) is 0 Å². The number of halogens is 3. The number of carbonyl (C=O) groups is 2. The third-order valence-electron chi connectivity index (χ3n) is 4.56. The van der Waals surface area contributed by atoms with E-state index in [4.69, 9.17) is 49.0 Å². The van der Waals surface area contributed by atoms with Crippen molar-refractivity contribution in [3.63, 3.8) is 0 Å². The van der Waals surface area contributed by atoms with Crippen molar-refractivity contribution in [3.05, 3.63) is 74.8 Å². The second-order valence-electron chi connectivity index (χ2n) is 6.50. The van der Waals surface area contributed by atoms with Gasteiger partial charge in [0.05, 0.1) is 32.1 Å². The van der Waals surface area contributed by atoms with Crippen LogP contribution in [0.25, 0.3) is 11.8 Å². The van der Waals surface area contributed by atoms with E-state index in [0.29, 0.717) is 16.5 Å². The van der Waals surface area contributed by atoms with Gasteiger partial charge in [0, 0.05) is 16.7 Å². The summed E-state index contributed by atoms with van der Waals surface area (Å²) >= 11 is 18.8. The number of aromatic nitrogens is 2. The van der Waals surface area contributed by atoms with Gasteiger partial charge in [-0.2, -0.15) is 0 Å². The van der Waals surface area contributed by atoms with Gasteiger partial charge in [0.15, 0.2) is 27.6 Å². The summed E-state index contributed by atoms with van der Waals surface area (Å²) in [5.74, 6) is -0.0777. The molecular weight excluding hydrogens is 491 g/mol. The van der Waals surface area contributed by atoms with E-state index < -0.39 is 11.8 Å². The Hall–Kier alpha value is -3.00. The summed E-state index contributed by atoms with van der Waals surface area (Å²) in [6.07, 6.45) is 2.59. The number of imidazole rings is 1. The van der Waals surface area contributed by atoms with Gasteiger partial charge in [0.2, 0.25) is 0 Å². The Balaban J connectivity index is 2.20. The molecular formula is C23H19Cl3N2O5. The SMILES string of the molecule is CCOC(=O)C=Cc1nc(Cl)c(Cl)n1-c1ccc(Cl)cc1C(=O)c1cccc(OC)c1OC. The number of para-hydroxylation sites is 1. The summed E-state index contributed by atoms with van der Waals surface area (Å²) in [6, 6.07) is 9.67. The van der Waals surface area contributed by atoms with E-state index >= 15 is 0 Å². The van der Waals surface area contributed by atoms with Crippen molar-refractivity contribution >= 4 is 52.6 Å². The Labute approximate surface area is 205 Å². The largest absolute Gasteiger partial charge is 0.493 e. The van der Waals surface area contributed by atoms with Gasteiger partial charge in [-0.05, 0) is 43.3 Å².